The SMILES string of the molecule is CCC(C)O.CCNC(=O)Nc1ccc(-c2nc(N3CCOCC3)c3cc(CN4CCNCC4)cn3n2)cc1.CO. The first-order valence-electron chi connectivity index (χ1n) is 14.4. The number of nitrogens with one attached hydrogen (secondary N) is 3. The zero-order chi connectivity index (χ0) is 29.6. The first kappa shape index (κ1) is 32.2. The lowest BCUT2D eigenvalue weighted by molar-refractivity contribution is 0.122. The molecule has 0 bridgehead atoms. The minimum atomic E-state index is -0.216. The van der Waals surface area contributed by atoms with Gasteiger partial charge in [-0.25, -0.2) is 14.3 Å². The summed E-state index contributed by atoms with van der Waals surface area (Å²) < 4.78 is 7.54. The Morgan fingerprint density at radius 3 is 2.37 bits per heavy atom. The first-order valence-corrected chi connectivity index (χ1v) is 14.4. The number of nitrogens with zero attached hydrogens (tertiary/aromatic N) is 5. The second-order valence-corrected chi connectivity index (χ2v) is 9.88. The van der Waals surface area contributed by atoms with Crippen molar-refractivity contribution in [2.75, 3.05) is 76.4 Å². The second kappa shape index (κ2) is 16.8. The third-order valence-corrected chi connectivity index (χ3v) is 6.76. The largest absolute Gasteiger partial charge is 0.400 e. The van der Waals surface area contributed by atoms with Gasteiger partial charge < -0.3 is 35.8 Å². The van der Waals surface area contributed by atoms with E-state index < -0.39 is 0 Å². The van der Waals surface area contributed by atoms with Crippen LogP contribution >= 0.6 is 0 Å². The van der Waals surface area contributed by atoms with E-state index in [2.05, 4.69) is 38.0 Å². The maximum atomic E-state index is 11.8. The van der Waals surface area contributed by atoms with E-state index in [1.54, 1.807) is 6.92 Å². The van der Waals surface area contributed by atoms with Crippen LogP contribution in [0.2, 0.25) is 0 Å². The van der Waals surface area contributed by atoms with Gasteiger partial charge >= 0.3 is 6.03 Å². The van der Waals surface area contributed by atoms with Gasteiger partial charge in [-0.3, -0.25) is 4.90 Å². The van der Waals surface area contributed by atoms with Crippen LogP contribution in [0.3, 0.4) is 0 Å². The van der Waals surface area contributed by atoms with E-state index in [1.165, 1.54) is 5.56 Å². The van der Waals surface area contributed by atoms with Crippen LogP contribution in [0.15, 0.2) is 36.5 Å². The molecule has 3 aromatic rings. The normalized spacial score (nSPS) is 16.2. The average molecular weight is 571 g/mol. The predicted octanol–water partition coefficient (Wildman–Crippen LogP) is 2.17. The van der Waals surface area contributed by atoms with E-state index in [-0.39, 0.29) is 12.1 Å². The van der Waals surface area contributed by atoms with Crippen molar-refractivity contribution in [3.05, 3.63) is 42.1 Å². The van der Waals surface area contributed by atoms with Crippen LogP contribution in [-0.4, -0.2) is 108 Å². The summed E-state index contributed by atoms with van der Waals surface area (Å²) in [5.41, 5.74) is 3.88. The Kier molecular flexibility index (Phi) is 13.2. The molecule has 5 rings (SSSR count). The second-order valence-electron chi connectivity index (χ2n) is 9.88. The summed E-state index contributed by atoms with van der Waals surface area (Å²) in [4.78, 5) is 21.5. The number of ether oxygens (including phenoxy) is 1. The minimum absolute atomic E-state index is 0.116. The summed E-state index contributed by atoms with van der Waals surface area (Å²) >= 11 is 0. The number of anilines is 2. The van der Waals surface area contributed by atoms with Crippen molar-refractivity contribution in [3.8, 4) is 11.4 Å². The molecule has 2 aliphatic rings. The number of carbonyl (C=O) groups is 1. The van der Waals surface area contributed by atoms with E-state index in [9.17, 15) is 4.79 Å². The van der Waals surface area contributed by atoms with Gasteiger partial charge in [0.25, 0.3) is 0 Å². The average Bonchev–Trinajstić information content (AvgIpc) is 3.41. The van der Waals surface area contributed by atoms with Crippen molar-refractivity contribution < 1.29 is 19.7 Å². The van der Waals surface area contributed by atoms with Crippen molar-refractivity contribution in [1.29, 1.82) is 0 Å². The quantitative estimate of drug-likeness (QED) is 0.289. The number of piperazine rings is 1. The van der Waals surface area contributed by atoms with Gasteiger partial charge in [-0.05, 0) is 56.2 Å². The highest BCUT2D eigenvalue weighted by Crippen LogP contribution is 2.27. The molecule has 0 saturated carbocycles. The number of hydrogen-bond acceptors (Lipinski definition) is 9. The molecule has 1 unspecified atom stereocenters. The molecule has 12 heteroatoms. The summed E-state index contributed by atoms with van der Waals surface area (Å²) in [5.74, 6) is 1.59. The third kappa shape index (κ3) is 9.65. The number of aliphatic hydroxyl groups excluding tert-OH is 2. The van der Waals surface area contributed by atoms with Gasteiger partial charge in [0.15, 0.2) is 11.6 Å². The zero-order valence-electron chi connectivity index (χ0n) is 24.8. The molecule has 2 saturated heterocycles. The van der Waals surface area contributed by atoms with Gasteiger partial charge in [0.2, 0.25) is 0 Å². The predicted molar refractivity (Wildman–Crippen MR) is 162 cm³/mol. The van der Waals surface area contributed by atoms with Crippen LogP contribution < -0.4 is 20.9 Å². The lowest BCUT2D eigenvalue weighted by Crippen LogP contribution is -2.42. The van der Waals surface area contributed by atoms with Crippen LogP contribution in [0.25, 0.3) is 16.9 Å². The van der Waals surface area contributed by atoms with Crippen LogP contribution in [0.5, 0.6) is 0 Å². The zero-order valence-corrected chi connectivity index (χ0v) is 24.8. The van der Waals surface area contributed by atoms with Crippen molar-refractivity contribution in [1.82, 2.24) is 30.1 Å². The summed E-state index contributed by atoms with van der Waals surface area (Å²) in [5, 5.41) is 29.2. The fraction of sp³-hybridized carbons (Fsp3) is 0.552. The fourth-order valence-electron chi connectivity index (χ4n) is 4.42. The molecule has 12 nitrogen and oxygen atoms in total. The number of hydrogen-bond donors (Lipinski definition) is 5. The molecule has 0 aliphatic carbocycles. The topological polar surface area (TPSA) is 140 Å². The van der Waals surface area contributed by atoms with Crippen molar-refractivity contribution >= 4 is 23.1 Å². The third-order valence-electron chi connectivity index (χ3n) is 6.76. The number of rotatable bonds is 7. The first-order chi connectivity index (χ1) is 20.0. The van der Waals surface area contributed by atoms with E-state index in [4.69, 9.17) is 25.0 Å². The van der Waals surface area contributed by atoms with Crippen LogP contribution in [-0.2, 0) is 11.3 Å². The Bertz CT molecular complexity index is 1190. The maximum Gasteiger partial charge on any atom is 0.319 e. The van der Waals surface area contributed by atoms with E-state index in [1.807, 2.05) is 42.6 Å². The van der Waals surface area contributed by atoms with Gasteiger partial charge in [0.1, 0.15) is 5.52 Å². The minimum Gasteiger partial charge on any atom is -0.400 e. The summed E-state index contributed by atoms with van der Waals surface area (Å²) in [6, 6.07) is 9.63. The molecule has 2 fully saturated rings. The molecule has 226 valence electrons. The van der Waals surface area contributed by atoms with Gasteiger partial charge in [-0.1, -0.05) is 6.92 Å². The van der Waals surface area contributed by atoms with Gasteiger partial charge in [-0.15, -0.1) is 5.10 Å². The number of aromatic nitrogens is 3. The fourth-order valence-corrected chi connectivity index (χ4v) is 4.42. The molecular formula is C29H46N8O4. The summed E-state index contributed by atoms with van der Waals surface area (Å²) in [6.07, 6.45) is 2.87. The van der Waals surface area contributed by atoms with Crippen LogP contribution in [0, 0.1) is 0 Å². The number of carbonyl (C=O) groups excluding carboxylic acids is 1. The highest BCUT2D eigenvalue weighted by atomic mass is 16.5. The smallest absolute Gasteiger partial charge is 0.319 e. The number of morpholine rings is 1. The Labute approximate surface area is 242 Å². The molecule has 5 N–H and O–H groups in total. The summed E-state index contributed by atoms with van der Waals surface area (Å²) in [6.45, 7) is 14.3. The lowest BCUT2D eigenvalue weighted by Gasteiger charge is -2.28. The highest BCUT2D eigenvalue weighted by Gasteiger charge is 2.20. The molecule has 1 aromatic carbocycles. The number of fused-ring (bicyclic) bond motifs is 1. The molecule has 1 atom stereocenters. The molecule has 4 heterocycles. The molecule has 41 heavy (non-hydrogen) atoms. The summed E-state index contributed by atoms with van der Waals surface area (Å²) in [7, 11) is 1.00. The Morgan fingerprint density at radius 2 is 1.76 bits per heavy atom. The highest BCUT2D eigenvalue weighted by molar-refractivity contribution is 5.89. The van der Waals surface area contributed by atoms with Gasteiger partial charge in [0, 0.05) is 76.9 Å². The van der Waals surface area contributed by atoms with Gasteiger partial charge in [-0.2, -0.15) is 0 Å². The molecule has 0 radical (unpaired) electrons. The monoisotopic (exact) mass is 570 g/mol. The Morgan fingerprint density at radius 1 is 1.10 bits per heavy atom. The Balaban J connectivity index is 0.000000598. The van der Waals surface area contributed by atoms with E-state index in [0.717, 1.165) is 81.9 Å². The lowest BCUT2D eigenvalue weighted by atomic mass is 10.2. The van der Waals surface area contributed by atoms with Crippen molar-refractivity contribution in [2.45, 2.75) is 39.8 Å². The van der Waals surface area contributed by atoms with E-state index >= 15 is 0 Å². The van der Waals surface area contributed by atoms with Crippen LogP contribution in [0.1, 0.15) is 32.8 Å². The molecular weight excluding hydrogens is 524 g/mol. The van der Waals surface area contributed by atoms with Crippen LogP contribution in [0.4, 0.5) is 16.3 Å². The molecule has 2 amide bonds. The molecule has 0 spiro atoms. The van der Waals surface area contributed by atoms with Gasteiger partial charge in [0.05, 0.1) is 19.3 Å². The standard InChI is InChI=1S/C24H32N8O2.C4H10O.CH4O/c1-2-26-24(33)27-20-5-3-19(4-6-20)22-28-23(31-11-13-34-14-12-31)21-15-18(17-32(21)29-22)16-30-9-7-25-8-10-30;1-3-4(2)5;1-2/h3-6,15,17,25H,2,7-14,16H2,1H3,(H2,26,27,33);4-5H,3H2,1-2H3;2H,1H3. The Hall–Kier alpha value is -3.29. The molecule has 2 aromatic heterocycles. The number of aliphatic hydroxyl groups is 2. The van der Waals surface area contributed by atoms with Crippen molar-refractivity contribution in [3.63, 3.8) is 0 Å². The number of benzene rings is 1. The number of amides is 2. The number of urea groups is 1. The molecule has 2 aliphatic heterocycles. The maximum absolute atomic E-state index is 11.8. The van der Waals surface area contributed by atoms with Crippen molar-refractivity contribution in [2.24, 2.45) is 0 Å². The van der Waals surface area contributed by atoms with E-state index in [0.29, 0.717) is 25.6 Å².